The topological polar surface area (TPSA) is 70.2 Å². The van der Waals surface area contributed by atoms with Gasteiger partial charge in [-0.15, -0.1) is 11.3 Å². The highest BCUT2D eigenvalue weighted by Crippen LogP contribution is 2.49. The van der Waals surface area contributed by atoms with Crippen LogP contribution in [0.4, 0.5) is 0 Å². The number of fused-ring (bicyclic) bond motifs is 1. The monoisotopic (exact) mass is 429 g/mol. The van der Waals surface area contributed by atoms with Gasteiger partial charge in [-0.1, -0.05) is 13.0 Å². The van der Waals surface area contributed by atoms with Crippen molar-refractivity contribution in [3.63, 3.8) is 0 Å². The molecule has 5 rings (SSSR count). The minimum absolute atomic E-state index is 0.0507. The zero-order chi connectivity index (χ0) is 21.8. The number of amidine groups is 1. The van der Waals surface area contributed by atoms with Gasteiger partial charge >= 0.3 is 0 Å². The molecule has 0 radical (unpaired) electrons. The second-order valence-corrected chi connectivity index (χ2v) is 9.42. The number of nitrogens with one attached hydrogen (secondary N) is 1. The number of piperidine rings is 1. The third-order valence-electron chi connectivity index (χ3n) is 6.34. The maximum Gasteiger partial charge on any atom is 0.236 e. The van der Waals surface area contributed by atoms with E-state index in [1.165, 1.54) is 4.90 Å². The van der Waals surface area contributed by atoms with Crippen LogP contribution in [-0.4, -0.2) is 28.7 Å². The minimum atomic E-state index is -0.523. The van der Waals surface area contributed by atoms with Crippen LogP contribution in [0.25, 0.3) is 22.2 Å². The second-order valence-electron chi connectivity index (χ2n) is 8.51. The molecule has 4 heterocycles. The molecule has 1 saturated heterocycles. The summed E-state index contributed by atoms with van der Waals surface area (Å²) in [7, 11) is 1.70. The number of likely N-dealkylation sites (N-methyl/N-ethyl adjacent to an activating group) is 1. The van der Waals surface area contributed by atoms with Crippen molar-refractivity contribution in [2.75, 3.05) is 7.05 Å². The Labute approximate surface area is 184 Å². The summed E-state index contributed by atoms with van der Waals surface area (Å²) < 4.78 is 5.49. The first-order valence-corrected chi connectivity index (χ1v) is 11.1. The highest BCUT2D eigenvalue weighted by Gasteiger charge is 2.49. The summed E-state index contributed by atoms with van der Waals surface area (Å²) in [6.45, 7) is 4.16. The summed E-state index contributed by atoms with van der Waals surface area (Å²) >= 11 is 1.64. The molecule has 1 N–H and O–H groups in total. The molecular weight excluding hydrogens is 406 g/mol. The molecule has 156 valence electrons. The van der Waals surface area contributed by atoms with Crippen LogP contribution in [-0.2, 0) is 10.2 Å². The molecule has 6 heteroatoms. The van der Waals surface area contributed by atoms with E-state index in [0.29, 0.717) is 12.3 Å². The molecule has 3 aromatic heterocycles. The zero-order valence-electron chi connectivity index (χ0n) is 17.7. The molecule has 1 unspecified atom stereocenters. The van der Waals surface area contributed by atoms with E-state index in [0.717, 1.165) is 38.2 Å². The van der Waals surface area contributed by atoms with Gasteiger partial charge in [-0.25, -0.2) is 0 Å². The summed E-state index contributed by atoms with van der Waals surface area (Å²) in [5.41, 5.74) is 4.36. The van der Waals surface area contributed by atoms with Crippen molar-refractivity contribution in [1.82, 2.24) is 9.88 Å². The van der Waals surface area contributed by atoms with Gasteiger partial charge in [0.25, 0.3) is 0 Å². The number of hydrogen-bond donors (Lipinski definition) is 1. The third-order valence-corrected chi connectivity index (χ3v) is 7.55. The Bertz CT molecular complexity index is 1320. The van der Waals surface area contributed by atoms with Crippen molar-refractivity contribution in [1.29, 1.82) is 5.41 Å². The Morgan fingerprint density at radius 2 is 2.06 bits per heavy atom. The van der Waals surface area contributed by atoms with Crippen molar-refractivity contribution in [3.05, 3.63) is 76.3 Å². The molecule has 4 aromatic rings. The summed E-state index contributed by atoms with van der Waals surface area (Å²) in [5, 5.41) is 11.6. The van der Waals surface area contributed by atoms with E-state index in [4.69, 9.17) is 9.83 Å². The van der Waals surface area contributed by atoms with Gasteiger partial charge in [0, 0.05) is 46.3 Å². The molecule has 0 aliphatic carbocycles. The number of amides is 1. The largest absolute Gasteiger partial charge is 0.464 e. The predicted molar refractivity (Wildman–Crippen MR) is 124 cm³/mol. The first kappa shape index (κ1) is 19.7. The van der Waals surface area contributed by atoms with E-state index in [1.807, 2.05) is 36.5 Å². The van der Waals surface area contributed by atoms with Gasteiger partial charge in [-0.2, -0.15) is 0 Å². The maximum absolute atomic E-state index is 13.5. The van der Waals surface area contributed by atoms with Gasteiger partial charge in [0.1, 0.15) is 11.4 Å². The number of furan rings is 1. The van der Waals surface area contributed by atoms with Gasteiger partial charge in [0.05, 0.1) is 17.9 Å². The van der Waals surface area contributed by atoms with Gasteiger partial charge in [-0.05, 0) is 54.4 Å². The number of carbonyl (C=O) groups excluding carboxylic acids is 1. The average molecular weight is 430 g/mol. The van der Waals surface area contributed by atoms with Crippen LogP contribution in [0.5, 0.6) is 0 Å². The summed E-state index contributed by atoms with van der Waals surface area (Å²) in [4.78, 5) is 20.6. The van der Waals surface area contributed by atoms with E-state index >= 15 is 0 Å². The fourth-order valence-electron chi connectivity index (χ4n) is 4.54. The second kappa shape index (κ2) is 7.17. The number of likely N-dealkylation sites (tertiary alicyclic amines) is 1. The Morgan fingerprint density at radius 1 is 1.23 bits per heavy atom. The van der Waals surface area contributed by atoms with Crippen LogP contribution in [0.2, 0.25) is 0 Å². The molecule has 0 spiro atoms. The van der Waals surface area contributed by atoms with E-state index < -0.39 is 5.41 Å². The van der Waals surface area contributed by atoms with Gasteiger partial charge in [0.2, 0.25) is 5.91 Å². The van der Waals surface area contributed by atoms with Crippen molar-refractivity contribution in [3.8, 4) is 11.3 Å². The zero-order valence-corrected chi connectivity index (χ0v) is 18.5. The van der Waals surface area contributed by atoms with Crippen LogP contribution in [0, 0.1) is 12.3 Å². The SMILES string of the molecule is Cc1ccnc(-c2csc([C@@]3(C)CC(=N)N(C)C(=O)C3c3ccc4occc4c3)c2)c1. The number of rotatable bonds is 3. The average Bonchev–Trinajstić information content (AvgIpc) is 3.42. The van der Waals surface area contributed by atoms with Crippen molar-refractivity contribution < 1.29 is 9.21 Å². The molecule has 2 atom stereocenters. The fourth-order valence-corrected chi connectivity index (χ4v) is 5.63. The number of carbonyl (C=O) groups is 1. The van der Waals surface area contributed by atoms with Crippen molar-refractivity contribution in [2.24, 2.45) is 0 Å². The lowest BCUT2D eigenvalue weighted by atomic mass is 9.67. The number of hydrogen-bond acceptors (Lipinski definition) is 5. The number of aryl methyl sites for hydroxylation is 1. The van der Waals surface area contributed by atoms with Gasteiger partial charge < -0.3 is 9.32 Å². The fraction of sp³-hybridized carbons (Fsp3) is 0.240. The van der Waals surface area contributed by atoms with E-state index in [2.05, 4.69) is 36.3 Å². The lowest BCUT2D eigenvalue weighted by molar-refractivity contribution is -0.131. The standard InChI is InChI=1S/C25H23N3O2S/c1-15-6-8-27-19(10-15)18-12-21(31-14-18)25(2)13-22(26)28(3)24(29)23(25)17-4-5-20-16(11-17)7-9-30-20/h4-12,14,23,26H,13H2,1-3H3/t23?,25-/m1/s1. The molecule has 1 aliphatic rings. The van der Waals surface area contributed by atoms with Crippen molar-refractivity contribution >= 4 is 34.0 Å². The van der Waals surface area contributed by atoms with Crippen LogP contribution < -0.4 is 0 Å². The Balaban J connectivity index is 1.63. The van der Waals surface area contributed by atoms with Crippen LogP contribution in [0.1, 0.15) is 35.3 Å². The summed E-state index contributed by atoms with van der Waals surface area (Å²) in [5.74, 6) is -0.0927. The Hall–Kier alpha value is -3.25. The minimum Gasteiger partial charge on any atom is -0.464 e. The summed E-state index contributed by atoms with van der Waals surface area (Å²) in [6, 6.07) is 14.1. The Kier molecular flexibility index (Phi) is 4.55. The normalized spacial score (nSPS) is 21.8. The van der Waals surface area contributed by atoms with Crippen LogP contribution in [0.15, 0.2) is 64.7 Å². The van der Waals surface area contributed by atoms with Gasteiger partial charge in [-0.3, -0.25) is 15.2 Å². The van der Waals surface area contributed by atoms with Crippen LogP contribution in [0.3, 0.4) is 0 Å². The smallest absolute Gasteiger partial charge is 0.236 e. The van der Waals surface area contributed by atoms with Crippen LogP contribution >= 0.6 is 11.3 Å². The predicted octanol–water partition coefficient (Wildman–Crippen LogP) is 5.75. The number of thiophene rings is 1. The molecule has 1 aliphatic heterocycles. The van der Waals surface area contributed by atoms with E-state index in [9.17, 15) is 4.79 Å². The lowest BCUT2D eigenvalue weighted by Crippen LogP contribution is -2.51. The number of pyridine rings is 1. The molecule has 5 nitrogen and oxygen atoms in total. The van der Waals surface area contributed by atoms with Crippen molar-refractivity contribution in [2.45, 2.75) is 31.6 Å². The quantitative estimate of drug-likeness (QED) is 0.451. The molecule has 1 fully saturated rings. The molecule has 0 bridgehead atoms. The Morgan fingerprint density at radius 3 is 2.87 bits per heavy atom. The highest BCUT2D eigenvalue weighted by atomic mass is 32.1. The molecular formula is C25H23N3O2S. The third kappa shape index (κ3) is 3.18. The number of aromatic nitrogens is 1. The summed E-state index contributed by atoms with van der Waals surface area (Å²) in [6.07, 6.45) is 3.98. The van der Waals surface area contributed by atoms with E-state index in [-0.39, 0.29) is 11.8 Å². The molecule has 0 saturated carbocycles. The number of nitrogens with zero attached hydrogens (tertiary/aromatic N) is 2. The molecule has 31 heavy (non-hydrogen) atoms. The first-order valence-electron chi connectivity index (χ1n) is 10.2. The number of benzene rings is 1. The lowest BCUT2D eigenvalue weighted by Gasteiger charge is -2.44. The molecule has 1 amide bonds. The highest BCUT2D eigenvalue weighted by molar-refractivity contribution is 7.10. The van der Waals surface area contributed by atoms with Gasteiger partial charge in [0.15, 0.2) is 0 Å². The maximum atomic E-state index is 13.5. The molecule has 1 aromatic carbocycles. The van der Waals surface area contributed by atoms with E-state index in [1.54, 1.807) is 24.6 Å². The first-order chi connectivity index (χ1) is 14.9.